The molecule has 4 aromatic heterocycles. The van der Waals surface area contributed by atoms with E-state index in [1.807, 2.05) is 0 Å². The van der Waals surface area contributed by atoms with Crippen molar-refractivity contribution in [3.63, 3.8) is 0 Å². The van der Waals surface area contributed by atoms with E-state index >= 15 is 0 Å². The minimum Gasteiger partial charge on any atom is -0.396 e. The minimum absolute atomic E-state index is 0.167. The van der Waals surface area contributed by atoms with Crippen molar-refractivity contribution in [1.82, 2.24) is 39.7 Å². The van der Waals surface area contributed by atoms with E-state index in [0.717, 1.165) is 5.56 Å². The van der Waals surface area contributed by atoms with Gasteiger partial charge in [-0.2, -0.15) is 10.2 Å². The van der Waals surface area contributed by atoms with Gasteiger partial charge in [0.15, 0.2) is 16.8 Å². The van der Waals surface area contributed by atoms with Gasteiger partial charge < -0.3 is 21.1 Å². The number of fused-ring (bicyclic) bond motifs is 2. The van der Waals surface area contributed by atoms with Crippen molar-refractivity contribution in [2.75, 3.05) is 18.1 Å². The lowest BCUT2D eigenvalue weighted by Gasteiger charge is -2.21. The molecule has 0 spiro atoms. The molecule has 0 radical (unpaired) electrons. The van der Waals surface area contributed by atoms with E-state index in [4.69, 9.17) is 10.5 Å². The fourth-order valence-electron chi connectivity index (χ4n) is 4.07. The van der Waals surface area contributed by atoms with Crippen molar-refractivity contribution in [3.8, 4) is 0 Å². The monoisotopic (exact) mass is 442 g/mol. The van der Waals surface area contributed by atoms with Crippen LogP contribution in [-0.4, -0.2) is 65.7 Å². The highest BCUT2D eigenvalue weighted by atomic mass is 19.1. The Morgan fingerprint density at radius 1 is 1.41 bits per heavy atom. The number of anilines is 2. The number of nitrogen functional groups attached to an aromatic ring is 1. The first-order valence-electron chi connectivity index (χ1n) is 10.2. The number of alkyl halides is 1. The molecule has 1 amide bonds. The van der Waals surface area contributed by atoms with E-state index in [9.17, 15) is 9.18 Å². The summed E-state index contributed by atoms with van der Waals surface area (Å²) in [5, 5.41) is 16.9. The molecule has 3 atom stereocenters. The molecular formula is C19H23FN10O2. The van der Waals surface area contributed by atoms with Gasteiger partial charge in [-0.15, -0.1) is 0 Å². The highest BCUT2D eigenvalue weighted by Crippen LogP contribution is 2.27. The van der Waals surface area contributed by atoms with Crippen LogP contribution >= 0.6 is 0 Å². The smallest absolute Gasteiger partial charge is 0.328 e. The van der Waals surface area contributed by atoms with Crippen LogP contribution in [0.2, 0.25) is 0 Å². The zero-order valence-electron chi connectivity index (χ0n) is 17.5. The summed E-state index contributed by atoms with van der Waals surface area (Å²) in [6.07, 6.45) is 1.96. The summed E-state index contributed by atoms with van der Waals surface area (Å²) in [4.78, 5) is 21.3. The highest BCUT2D eigenvalue weighted by molar-refractivity contribution is 5.92. The van der Waals surface area contributed by atoms with Gasteiger partial charge in [0, 0.05) is 26.1 Å². The van der Waals surface area contributed by atoms with Gasteiger partial charge in [0.1, 0.15) is 24.1 Å². The van der Waals surface area contributed by atoms with Crippen molar-refractivity contribution in [2.45, 2.75) is 44.7 Å². The van der Waals surface area contributed by atoms with Gasteiger partial charge in [-0.05, 0) is 18.6 Å². The maximum absolute atomic E-state index is 14.2. The summed E-state index contributed by atoms with van der Waals surface area (Å²) >= 11 is 0. The number of carbonyl (C=O) groups is 1. The Hall–Kier alpha value is -3.74. The van der Waals surface area contributed by atoms with Crippen LogP contribution in [0.1, 0.15) is 24.2 Å². The number of carbonyl (C=O) groups excluding carboxylic acids is 1. The molecule has 1 unspecified atom stereocenters. The lowest BCUT2D eigenvalue weighted by molar-refractivity contribution is 0.0271. The van der Waals surface area contributed by atoms with E-state index in [1.165, 1.54) is 10.9 Å². The maximum atomic E-state index is 14.2. The summed E-state index contributed by atoms with van der Waals surface area (Å²) in [7, 11) is 1.73. The number of imidazole rings is 1. The van der Waals surface area contributed by atoms with Gasteiger partial charge in [-0.1, -0.05) is 0 Å². The molecule has 0 aromatic carbocycles. The third-order valence-corrected chi connectivity index (χ3v) is 5.57. The molecule has 5 N–H and O–H groups in total. The SMILES string of the molecule is CNc1[nH]nc2c1ncn2C(=O)N[C@@H]1C[C@@H](F)CC1OCc1cc(N)c2nc(C)nn2c1. The van der Waals surface area contributed by atoms with Crippen molar-refractivity contribution in [2.24, 2.45) is 0 Å². The molecule has 1 saturated carbocycles. The van der Waals surface area contributed by atoms with Crippen LogP contribution in [0.5, 0.6) is 0 Å². The molecule has 0 saturated heterocycles. The van der Waals surface area contributed by atoms with Crippen LogP contribution in [0.15, 0.2) is 18.6 Å². The number of hydrogen-bond donors (Lipinski definition) is 4. The lowest BCUT2D eigenvalue weighted by atomic mass is 10.2. The standard InChI is InChI=1S/C19H23FN10O2/c1-9-24-17-12(21)3-10(6-30(17)28-9)7-32-14-5-11(20)4-13(14)25-19(31)29-8-23-15-16(22-2)26-27-18(15)29/h3,6,8,11,13-14H,4-5,7,21H2,1-2H3,(H,25,31)(H2,22,26,27)/t11-,13-,14?/m1/s1. The molecule has 1 fully saturated rings. The number of nitrogens with two attached hydrogens (primary N) is 1. The highest BCUT2D eigenvalue weighted by Gasteiger charge is 2.36. The van der Waals surface area contributed by atoms with Gasteiger partial charge in [-0.25, -0.2) is 28.2 Å². The summed E-state index contributed by atoms with van der Waals surface area (Å²) in [6, 6.07) is 0.823. The zero-order chi connectivity index (χ0) is 22.4. The van der Waals surface area contributed by atoms with Gasteiger partial charge in [-0.3, -0.25) is 5.10 Å². The fourth-order valence-corrected chi connectivity index (χ4v) is 4.07. The van der Waals surface area contributed by atoms with Crippen LogP contribution < -0.4 is 16.4 Å². The summed E-state index contributed by atoms with van der Waals surface area (Å²) < 4.78 is 23.1. The van der Waals surface area contributed by atoms with Gasteiger partial charge in [0.05, 0.1) is 24.4 Å². The van der Waals surface area contributed by atoms with Crippen LogP contribution in [0.25, 0.3) is 16.8 Å². The summed E-state index contributed by atoms with van der Waals surface area (Å²) in [5.74, 6) is 1.22. The lowest BCUT2D eigenvalue weighted by Crippen LogP contribution is -2.43. The van der Waals surface area contributed by atoms with E-state index in [-0.39, 0.29) is 19.4 Å². The van der Waals surface area contributed by atoms with Crippen LogP contribution in [-0.2, 0) is 11.3 Å². The number of H-pyrrole nitrogens is 1. The molecular weight excluding hydrogens is 419 g/mol. The van der Waals surface area contributed by atoms with Crippen molar-refractivity contribution >= 4 is 34.3 Å². The third kappa shape index (κ3) is 3.49. The minimum atomic E-state index is -1.07. The molecule has 0 aliphatic heterocycles. The van der Waals surface area contributed by atoms with Crippen molar-refractivity contribution in [1.29, 1.82) is 0 Å². The number of amides is 1. The fraction of sp³-hybridized carbons (Fsp3) is 0.421. The Kier molecular flexibility index (Phi) is 4.89. The normalized spacial score (nSPS) is 20.9. The Labute approximate surface area is 181 Å². The first-order chi connectivity index (χ1) is 15.4. The summed E-state index contributed by atoms with van der Waals surface area (Å²) in [5.41, 5.74) is 8.82. The number of aryl methyl sites for hydroxylation is 1. The van der Waals surface area contributed by atoms with Crippen molar-refractivity contribution < 1.29 is 13.9 Å². The van der Waals surface area contributed by atoms with Crippen LogP contribution in [0.4, 0.5) is 20.7 Å². The van der Waals surface area contributed by atoms with E-state index in [0.29, 0.717) is 34.1 Å². The zero-order valence-corrected chi connectivity index (χ0v) is 17.5. The van der Waals surface area contributed by atoms with E-state index in [1.54, 1.807) is 30.8 Å². The number of aromatic amines is 1. The third-order valence-electron chi connectivity index (χ3n) is 5.57. The molecule has 32 heavy (non-hydrogen) atoms. The predicted octanol–water partition coefficient (Wildman–Crippen LogP) is 1.38. The van der Waals surface area contributed by atoms with E-state index < -0.39 is 24.3 Å². The number of pyridine rings is 1. The van der Waals surface area contributed by atoms with Crippen LogP contribution in [0.3, 0.4) is 0 Å². The molecule has 1 aliphatic rings. The number of ether oxygens (including phenoxy) is 1. The first-order valence-corrected chi connectivity index (χ1v) is 10.2. The number of nitrogens with zero attached hydrogens (tertiary/aromatic N) is 6. The first kappa shape index (κ1) is 20.2. The second kappa shape index (κ2) is 7.75. The summed E-state index contributed by atoms with van der Waals surface area (Å²) in [6.45, 7) is 1.98. The van der Waals surface area contributed by atoms with Crippen LogP contribution in [0, 0.1) is 6.92 Å². The molecule has 168 valence electrons. The second-order valence-corrected chi connectivity index (χ2v) is 7.84. The Bertz CT molecular complexity index is 1290. The topological polar surface area (TPSA) is 153 Å². The average Bonchev–Trinajstić information content (AvgIpc) is 3.49. The predicted molar refractivity (Wildman–Crippen MR) is 114 cm³/mol. The second-order valence-electron chi connectivity index (χ2n) is 7.84. The molecule has 5 rings (SSSR count). The van der Waals surface area contributed by atoms with Gasteiger partial charge in [0.25, 0.3) is 0 Å². The number of hydrogen-bond acceptors (Lipinski definition) is 8. The largest absolute Gasteiger partial charge is 0.396 e. The Morgan fingerprint density at radius 2 is 2.25 bits per heavy atom. The quantitative estimate of drug-likeness (QED) is 0.362. The number of aromatic nitrogens is 7. The molecule has 4 aromatic rings. The van der Waals surface area contributed by atoms with Crippen molar-refractivity contribution in [3.05, 3.63) is 30.0 Å². The average molecular weight is 442 g/mol. The molecule has 1 aliphatic carbocycles. The Morgan fingerprint density at radius 3 is 3.06 bits per heavy atom. The van der Waals surface area contributed by atoms with Gasteiger partial charge in [0.2, 0.25) is 0 Å². The van der Waals surface area contributed by atoms with Gasteiger partial charge >= 0.3 is 6.03 Å². The number of nitrogens with one attached hydrogen (secondary N) is 3. The number of rotatable bonds is 5. The molecule has 0 bridgehead atoms. The molecule has 4 heterocycles. The maximum Gasteiger partial charge on any atom is 0.328 e. The Balaban J connectivity index is 1.29. The molecule has 13 heteroatoms. The van der Waals surface area contributed by atoms with E-state index in [2.05, 4.69) is 35.9 Å². The number of halogens is 1. The molecule has 12 nitrogen and oxygen atoms in total.